The summed E-state index contributed by atoms with van der Waals surface area (Å²) in [6.07, 6.45) is 4.33. The number of nitrogens with zero attached hydrogens (tertiary/aromatic N) is 2. The number of hydrogen-bond acceptors (Lipinski definition) is 4. The van der Waals surface area contributed by atoms with Crippen LogP contribution in [0.5, 0.6) is 0 Å². The normalized spacial score (nSPS) is 35.4. The van der Waals surface area contributed by atoms with Gasteiger partial charge in [0.1, 0.15) is 0 Å². The molecule has 0 radical (unpaired) electrons. The Hall–Kier alpha value is -0.480. The van der Waals surface area contributed by atoms with Gasteiger partial charge in [-0.25, -0.2) is 0 Å². The fourth-order valence-corrected chi connectivity index (χ4v) is 2.51. The first-order chi connectivity index (χ1) is 6.90. The molecule has 80 valence electrons. The highest BCUT2D eigenvalue weighted by molar-refractivity contribution is 4.84. The quantitative estimate of drug-likeness (QED) is 0.630. The third-order valence-corrected chi connectivity index (χ3v) is 3.33. The van der Waals surface area contributed by atoms with Gasteiger partial charge in [0.15, 0.2) is 0 Å². The molecule has 4 heteroatoms. The van der Waals surface area contributed by atoms with E-state index < -0.39 is 0 Å². The SMILES string of the molecule is O=NC1CCCC(N2CCOCC2)C1. The van der Waals surface area contributed by atoms with E-state index in [4.69, 9.17) is 4.74 Å². The molecule has 0 aromatic rings. The minimum atomic E-state index is 0.0663. The van der Waals surface area contributed by atoms with Crippen molar-refractivity contribution in [3.8, 4) is 0 Å². The number of ether oxygens (including phenoxy) is 1. The van der Waals surface area contributed by atoms with Gasteiger partial charge in [-0.2, -0.15) is 4.91 Å². The van der Waals surface area contributed by atoms with Crippen LogP contribution in [0.15, 0.2) is 5.18 Å². The van der Waals surface area contributed by atoms with Crippen LogP contribution in [0.25, 0.3) is 0 Å². The van der Waals surface area contributed by atoms with Crippen molar-refractivity contribution in [2.24, 2.45) is 5.18 Å². The highest BCUT2D eigenvalue weighted by Gasteiger charge is 2.27. The molecular weight excluding hydrogens is 180 g/mol. The Morgan fingerprint density at radius 1 is 1.21 bits per heavy atom. The van der Waals surface area contributed by atoms with E-state index in [0.717, 1.165) is 45.6 Å². The van der Waals surface area contributed by atoms with Crippen LogP contribution in [0, 0.1) is 4.91 Å². The van der Waals surface area contributed by atoms with Gasteiger partial charge in [0, 0.05) is 19.1 Å². The summed E-state index contributed by atoms with van der Waals surface area (Å²) in [5, 5.41) is 3.18. The summed E-state index contributed by atoms with van der Waals surface area (Å²) >= 11 is 0. The molecule has 0 bridgehead atoms. The molecule has 0 amide bonds. The standard InChI is InChI=1S/C10H18N2O2/c13-11-9-2-1-3-10(8-9)12-4-6-14-7-5-12/h9-10H,1-8H2. The minimum Gasteiger partial charge on any atom is -0.379 e. The second-order valence-electron chi connectivity index (χ2n) is 4.23. The Morgan fingerprint density at radius 2 is 2.00 bits per heavy atom. The van der Waals surface area contributed by atoms with Crippen LogP contribution in [0.3, 0.4) is 0 Å². The topological polar surface area (TPSA) is 41.9 Å². The van der Waals surface area contributed by atoms with Crippen molar-refractivity contribution in [1.82, 2.24) is 4.90 Å². The molecule has 2 fully saturated rings. The Kier molecular flexibility index (Phi) is 3.48. The second-order valence-corrected chi connectivity index (χ2v) is 4.23. The van der Waals surface area contributed by atoms with E-state index in [9.17, 15) is 4.91 Å². The van der Waals surface area contributed by atoms with Crippen molar-refractivity contribution >= 4 is 0 Å². The maximum atomic E-state index is 10.5. The molecule has 0 spiro atoms. The van der Waals surface area contributed by atoms with Gasteiger partial charge in [-0.3, -0.25) is 4.90 Å². The van der Waals surface area contributed by atoms with Gasteiger partial charge in [0.25, 0.3) is 0 Å². The molecule has 2 aliphatic rings. The van der Waals surface area contributed by atoms with Crippen molar-refractivity contribution in [3.63, 3.8) is 0 Å². The minimum absolute atomic E-state index is 0.0663. The zero-order valence-electron chi connectivity index (χ0n) is 8.52. The zero-order chi connectivity index (χ0) is 9.80. The van der Waals surface area contributed by atoms with Gasteiger partial charge in [-0.15, -0.1) is 0 Å². The molecule has 2 unspecified atom stereocenters. The third-order valence-electron chi connectivity index (χ3n) is 3.33. The Labute approximate surface area is 84.6 Å². The fourth-order valence-electron chi connectivity index (χ4n) is 2.51. The Morgan fingerprint density at radius 3 is 2.71 bits per heavy atom. The smallest absolute Gasteiger partial charge is 0.0934 e. The van der Waals surface area contributed by atoms with E-state index in [1.54, 1.807) is 0 Å². The molecule has 0 aromatic heterocycles. The number of rotatable bonds is 2. The summed E-state index contributed by atoms with van der Waals surface area (Å²) < 4.78 is 5.32. The van der Waals surface area contributed by atoms with Crippen LogP contribution in [0.2, 0.25) is 0 Å². The van der Waals surface area contributed by atoms with Crippen LogP contribution < -0.4 is 0 Å². The molecule has 2 atom stereocenters. The highest BCUT2D eigenvalue weighted by atomic mass is 16.5. The number of hydrogen-bond donors (Lipinski definition) is 0. The molecule has 4 nitrogen and oxygen atoms in total. The Bertz CT molecular complexity index is 193. The van der Waals surface area contributed by atoms with Crippen LogP contribution in [0.4, 0.5) is 0 Å². The van der Waals surface area contributed by atoms with Gasteiger partial charge >= 0.3 is 0 Å². The van der Waals surface area contributed by atoms with E-state index in [2.05, 4.69) is 10.1 Å². The lowest BCUT2D eigenvalue weighted by Crippen LogP contribution is -2.46. The van der Waals surface area contributed by atoms with E-state index in [-0.39, 0.29) is 6.04 Å². The van der Waals surface area contributed by atoms with Crippen molar-refractivity contribution in [3.05, 3.63) is 4.91 Å². The molecule has 1 aliphatic carbocycles. The summed E-state index contributed by atoms with van der Waals surface area (Å²) in [7, 11) is 0. The van der Waals surface area contributed by atoms with Crippen LogP contribution in [-0.4, -0.2) is 43.3 Å². The highest BCUT2D eigenvalue weighted by Crippen LogP contribution is 2.25. The summed E-state index contributed by atoms with van der Waals surface area (Å²) in [5.74, 6) is 0. The first kappa shape index (κ1) is 10.1. The number of morpholine rings is 1. The Balaban J connectivity index is 1.86. The average molecular weight is 198 g/mol. The molecule has 0 N–H and O–H groups in total. The van der Waals surface area contributed by atoms with Crippen LogP contribution >= 0.6 is 0 Å². The molecular formula is C10H18N2O2. The van der Waals surface area contributed by atoms with Crippen LogP contribution in [-0.2, 0) is 4.74 Å². The lowest BCUT2D eigenvalue weighted by Gasteiger charge is -2.37. The molecule has 1 heterocycles. The predicted molar refractivity (Wildman–Crippen MR) is 54.2 cm³/mol. The fraction of sp³-hybridized carbons (Fsp3) is 1.00. The van der Waals surface area contributed by atoms with Crippen molar-refractivity contribution < 1.29 is 4.74 Å². The molecule has 0 aromatic carbocycles. The van der Waals surface area contributed by atoms with E-state index in [1.807, 2.05) is 0 Å². The summed E-state index contributed by atoms with van der Waals surface area (Å²) in [4.78, 5) is 13.0. The van der Waals surface area contributed by atoms with Gasteiger partial charge in [-0.05, 0) is 25.7 Å². The molecule has 1 aliphatic heterocycles. The maximum Gasteiger partial charge on any atom is 0.0934 e. The van der Waals surface area contributed by atoms with Crippen molar-refractivity contribution in [2.75, 3.05) is 26.3 Å². The third kappa shape index (κ3) is 2.30. The van der Waals surface area contributed by atoms with Gasteiger partial charge in [0.05, 0.1) is 19.3 Å². The first-order valence-electron chi connectivity index (χ1n) is 5.54. The predicted octanol–water partition coefficient (Wildman–Crippen LogP) is 1.40. The van der Waals surface area contributed by atoms with Crippen molar-refractivity contribution in [1.29, 1.82) is 0 Å². The lowest BCUT2D eigenvalue weighted by atomic mass is 9.90. The van der Waals surface area contributed by atoms with E-state index >= 15 is 0 Å². The summed E-state index contributed by atoms with van der Waals surface area (Å²) in [6, 6.07) is 0.645. The maximum absolute atomic E-state index is 10.5. The molecule has 1 saturated carbocycles. The molecule has 14 heavy (non-hydrogen) atoms. The van der Waals surface area contributed by atoms with Gasteiger partial charge in [-0.1, -0.05) is 5.18 Å². The summed E-state index contributed by atoms with van der Waals surface area (Å²) in [6.45, 7) is 3.73. The monoisotopic (exact) mass is 198 g/mol. The molecule has 1 saturated heterocycles. The van der Waals surface area contributed by atoms with E-state index in [0.29, 0.717) is 6.04 Å². The molecule has 2 rings (SSSR count). The zero-order valence-corrected chi connectivity index (χ0v) is 8.52. The number of nitroso groups, excluding NO2 is 1. The summed E-state index contributed by atoms with van der Waals surface area (Å²) in [5.41, 5.74) is 0. The average Bonchev–Trinajstić information content (AvgIpc) is 2.30. The second kappa shape index (κ2) is 4.84. The van der Waals surface area contributed by atoms with E-state index in [1.165, 1.54) is 6.42 Å². The van der Waals surface area contributed by atoms with Crippen LogP contribution in [0.1, 0.15) is 25.7 Å². The van der Waals surface area contributed by atoms with Gasteiger partial charge < -0.3 is 4.74 Å². The van der Waals surface area contributed by atoms with Gasteiger partial charge in [0.2, 0.25) is 0 Å². The first-order valence-corrected chi connectivity index (χ1v) is 5.54. The largest absolute Gasteiger partial charge is 0.379 e. The van der Waals surface area contributed by atoms with Crippen molar-refractivity contribution in [2.45, 2.75) is 37.8 Å². The lowest BCUT2D eigenvalue weighted by molar-refractivity contribution is 0.00690.